The summed E-state index contributed by atoms with van der Waals surface area (Å²) in [5, 5.41) is 3.31. The number of hydrogen-bond donors (Lipinski definition) is 2. The van der Waals surface area contributed by atoms with Gasteiger partial charge in [-0.05, 0) is 65.1 Å². The summed E-state index contributed by atoms with van der Waals surface area (Å²) in [6, 6.07) is 11.4. The van der Waals surface area contributed by atoms with Crippen molar-refractivity contribution >= 4 is 61.5 Å². The maximum atomic E-state index is 12.2. The molecule has 2 aromatic rings. The van der Waals surface area contributed by atoms with Crippen molar-refractivity contribution in [3.8, 4) is 0 Å². The number of hydrogen-bond acceptors (Lipinski definition) is 3. The number of benzene rings is 2. The predicted molar refractivity (Wildman–Crippen MR) is 97.0 cm³/mol. The third kappa shape index (κ3) is 4.85. The van der Waals surface area contributed by atoms with E-state index in [0.717, 1.165) is 9.83 Å². The first-order valence-corrected chi connectivity index (χ1v) is 9.44. The molecule has 0 aliphatic heterocycles. The van der Waals surface area contributed by atoms with Crippen molar-refractivity contribution in [3.05, 3.63) is 56.6 Å². The fourth-order valence-corrected chi connectivity index (χ4v) is 3.39. The van der Waals surface area contributed by atoms with Gasteiger partial charge in [-0.3, -0.25) is 9.52 Å². The van der Waals surface area contributed by atoms with Gasteiger partial charge in [0.1, 0.15) is 0 Å². The number of anilines is 2. The molecule has 22 heavy (non-hydrogen) atoms. The summed E-state index contributed by atoms with van der Waals surface area (Å²) < 4.78 is 25.3. The van der Waals surface area contributed by atoms with Gasteiger partial charge in [0.05, 0.1) is 11.8 Å². The Morgan fingerprint density at radius 1 is 1.09 bits per heavy atom. The van der Waals surface area contributed by atoms with Gasteiger partial charge in [-0.15, -0.1) is 0 Å². The van der Waals surface area contributed by atoms with E-state index in [9.17, 15) is 13.2 Å². The highest BCUT2D eigenvalue weighted by Crippen LogP contribution is 2.20. The molecule has 0 aromatic heterocycles. The molecule has 0 spiro atoms. The lowest BCUT2D eigenvalue weighted by Gasteiger charge is -2.09. The zero-order chi connectivity index (χ0) is 16.3. The SMILES string of the molecule is CS(=O)(=O)Nc1ccc(NC(=O)c2ccc(Cl)cc2I)cc1. The maximum Gasteiger partial charge on any atom is 0.256 e. The van der Waals surface area contributed by atoms with Gasteiger partial charge >= 0.3 is 0 Å². The second-order valence-electron chi connectivity index (χ2n) is 4.53. The van der Waals surface area contributed by atoms with E-state index in [1.54, 1.807) is 42.5 Å². The van der Waals surface area contributed by atoms with Crippen molar-refractivity contribution in [3.63, 3.8) is 0 Å². The molecule has 0 heterocycles. The molecule has 0 radical (unpaired) electrons. The Hall–Kier alpha value is -1.32. The number of nitrogens with one attached hydrogen (secondary N) is 2. The second-order valence-corrected chi connectivity index (χ2v) is 7.88. The Morgan fingerprint density at radius 2 is 1.68 bits per heavy atom. The normalized spacial score (nSPS) is 11.0. The minimum Gasteiger partial charge on any atom is -0.322 e. The van der Waals surface area contributed by atoms with Gasteiger partial charge in [0.25, 0.3) is 5.91 Å². The van der Waals surface area contributed by atoms with E-state index in [1.807, 2.05) is 22.6 Å². The first-order valence-electron chi connectivity index (χ1n) is 6.09. The number of halogens is 2. The number of carbonyl (C=O) groups excluding carboxylic acids is 1. The van der Waals surface area contributed by atoms with Crippen molar-refractivity contribution in [2.24, 2.45) is 0 Å². The monoisotopic (exact) mass is 450 g/mol. The van der Waals surface area contributed by atoms with Crippen LogP contribution in [0.1, 0.15) is 10.4 Å². The zero-order valence-corrected chi connectivity index (χ0v) is 15.2. The number of rotatable bonds is 4. The zero-order valence-electron chi connectivity index (χ0n) is 11.4. The molecule has 0 aliphatic rings. The van der Waals surface area contributed by atoms with Crippen LogP contribution in [-0.4, -0.2) is 20.6 Å². The van der Waals surface area contributed by atoms with Crippen LogP contribution in [0, 0.1) is 3.57 Å². The third-order valence-corrected chi connectivity index (χ3v) is 4.36. The summed E-state index contributed by atoms with van der Waals surface area (Å²) in [6.45, 7) is 0. The first kappa shape index (κ1) is 17.0. The van der Waals surface area contributed by atoms with Crippen LogP contribution in [0.15, 0.2) is 42.5 Å². The Morgan fingerprint density at radius 3 is 2.23 bits per heavy atom. The molecule has 2 N–H and O–H groups in total. The average molecular weight is 451 g/mol. The molecular weight excluding hydrogens is 439 g/mol. The summed E-state index contributed by atoms with van der Waals surface area (Å²) in [7, 11) is -3.32. The van der Waals surface area contributed by atoms with Crippen LogP contribution in [0.2, 0.25) is 5.02 Å². The Bertz CT molecular complexity index is 807. The summed E-state index contributed by atoms with van der Waals surface area (Å²) in [6.07, 6.45) is 1.07. The topological polar surface area (TPSA) is 75.3 Å². The van der Waals surface area contributed by atoms with Gasteiger partial charge in [-0.25, -0.2) is 8.42 Å². The van der Waals surface area contributed by atoms with E-state index >= 15 is 0 Å². The average Bonchev–Trinajstić information content (AvgIpc) is 2.39. The van der Waals surface area contributed by atoms with Gasteiger partial charge in [0.2, 0.25) is 10.0 Å². The number of carbonyl (C=O) groups is 1. The van der Waals surface area contributed by atoms with E-state index in [1.165, 1.54) is 0 Å². The Kier molecular flexibility index (Phi) is 5.30. The fourth-order valence-electron chi connectivity index (χ4n) is 1.71. The molecule has 2 aromatic carbocycles. The van der Waals surface area contributed by atoms with Crippen LogP contribution in [0.4, 0.5) is 11.4 Å². The van der Waals surface area contributed by atoms with Gasteiger partial charge in [-0.2, -0.15) is 0 Å². The molecule has 0 aliphatic carbocycles. The Labute approximate surface area is 147 Å². The molecule has 0 bridgehead atoms. The summed E-state index contributed by atoms with van der Waals surface area (Å²) in [5.74, 6) is -0.259. The molecule has 116 valence electrons. The van der Waals surface area contributed by atoms with Gasteiger partial charge < -0.3 is 5.32 Å². The van der Waals surface area contributed by atoms with E-state index < -0.39 is 10.0 Å². The molecule has 0 saturated heterocycles. The van der Waals surface area contributed by atoms with E-state index in [-0.39, 0.29) is 5.91 Å². The maximum absolute atomic E-state index is 12.2. The van der Waals surface area contributed by atoms with Crippen LogP contribution in [0.5, 0.6) is 0 Å². The van der Waals surface area contributed by atoms with E-state index in [0.29, 0.717) is 22.0 Å². The van der Waals surface area contributed by atoms with Crippen molar-refractivity contribution in [1.29, 1.82) is 0 Å². The molecule has 8 heteroatoms. The molecule has 0 fully saturated rings. The van der Waals surface area contributed by atoms with E-state index in [4.69, 9.17) is 11.6 Å². The quantitative estimate of drug-likeness (QED) is 0.699. The highest BCUT2D eigenvalue weighted by molar-refractivity contribution is 14.1. The molecule has 0 atom stereocenters. The lowest BCUT2D eigenvalue weighted by Crippen LogP contribution is -2.13. The highest BCUT2D eigenvalue weighted by Gasteiger charge is 2.10. The van der Waals surface area contributed by atoms with Gasteiger partial charge in [-0.1, -0.05) is 11.6 Å². The van der Waals surface area contributed by atoms with Crippen molar-refractivity contribution in [2.45, 2.75) is 0 Å². The third-order valence-electron chi connectivity index (χ3n) is 2.62. The van der Waals surface area contributed by atoms with Gasteiger partial charge in [0, 0.05) is 20.0 Å². The lowest BCUT2D eigenvalue weighted by atomic mass is 10.2. The van der Waals surface area contributed by atoms with Crippen LogP contribution in [0.25, 0.3) is 0 Å². The minimum atomic E-state index is -3.32. The predicted octanol–water partition coefficient (Wildman–Crippen LogP) is 3.57. The van der Waals surface area contributed by atoms with Crippen molar-refractivity contribution in [2.75, 3.05) is 16.3 Å². The van der Waals surface area contributed by atoms with Crippen LogP contribution in [0.3, 0.4) is 0 Å². The van der Waals surface area contributed by atoms with E-state index in [2.05, 4.69) is 10.0 Å². The standard InChI is InChI=1S/C14H12ClIN2O3S/c1-22(20,21)18-11-5-3-10(4-6-11)17-14(19)12-7-2-9(15)8-13(12)16/h2-8,18H,1H3,(H,17,19). The van der Waals surface area contributed by atoms with Crippen molar-refractivity contribution in [1.82, 2.24) is 0 Å². The number of amides is 1. The van der Waals surface area contributed by atoms with Crippen LogP contribution >= 0.6 is 34.2 Å². The number of sulfonamides is 1. The smallest absolute Gasteiger partial charge is 0.256 e. The molecular formula is C14H12ClIN2O3S. The minimum absolute atomic E-state index is 0.259. The summed E-state index contributed by atoms with van der Waals surface area (Å²) >= 11 is 7.90. The summed E-state index contributed by atoms with van der Waals surface area (Å²) in [5.41, 5.74) is 1.51. The fraction of sp³-hybridized carbons (Fsp3) is 0.0714. The van der Waals surface area contributed by atoms with Gasteiger partial charge in [0.15, 0.2) is 0 Å². The largest absolute Gasteiger partial charge is 0.322 e. The molecule has 5 nitrogen and oxygen atoms in total. The molecule has 0 unspecified atom stereocenters. The van der Waals surface area contributed by atoms with Crippen molar-refractivity contribution < 1.29 is 13.2 Å². The molecule has 0 saturated carbocycles. The van der Waals surface area contributed by atoms with Crippen LogP contribution < -0.4 is 10.0 Å². The lowest BCUT2D eigenvalue weighted by molar-refractivity contribution is 0.102. The molecule has 1 amide bonds. The Balaban J connectivity index is 2.12. The first-order chi connectivity index (χ1) is 10.2. The highest BCUT2D eigenvalue weighted by atomic mass is 127. The summed E-state index contributed by atoms with van der Waals surface area (Å²) in [4.78, 5) is 12.2. The second kappa shape index (κ2) is 6.84. The molecule has 2 rings (SSSR count). The van der Waals surface area contributed by atoms with Crippen LogP contribution in [-0.2, 0) is 10.0 Å².